The fourth-order valence-electron chi connectivity index (χ4n) is 4.16. The van der Waals surface area contributed by atoms with Gasteiger partial charge in [-0.05, 0) is 30.7 Å². The molecule has 0 saturated carbocycles. The van der Waals surface area contributed by atoms with E-state index in [1.807, 2.05) is 6.92 Å². The molecule has 182 valence electrons. The van der Waals surface area contributed by atoms with Crippen molar-refractivity contribution in [3.8, 4) is 0 Å². The van der Waals surface area contributed by atoms with Crippen LogP contribution in [0.3, 0.4) is 0 Å². The summed E-state index contributed by atoms with van der Waals surface area (Å²) >= 11 is 0. The SMILES string of the molecule is CCCCOC(NC(CN1C(=O)c2ccccc2C1=O)CN1C(=O)c2ccccc2C1=O)C(=O)O. The molecular formula is C25H25N3O7. The number of fused-ring (bicyclic) bond motifs is 2. The zero-order chi connectivity index (χ0) is 25.1. The number of unbranched alkanes of at least 4 members (excludes halogenated alkanes) is 1. The number of nitrogens with zero attached hydrogens (tertiary/aromatic N) is 2. The third kappa shape index (κ3) is 4.71. The van der Waals surface area contributed by atoms with Gasteiger partial charge in [-0.3, -0.25) is 34.3 Å². The van der Waals surface area contributed by atoms with E-state index in [2.05, 4.69) is 5.32 Å². The second-order valence-corrected chi connectivity index (χ2v) is 8.34. The molecule has 0 aromatic heterocycles. The molecule has 35 heavy (non-hydrogen) atoms. The van der Waals surface area contributed by atoms with Crippen molar-refractivity contribution in [1.82, 2.24) is 15.1 Å². The number of carboxylic acids is 1. The number of carboxylic acid groups (broad SMARTS) is 1. The van der Waals surface area contributed by atoms with Gasteiger partial charge in [-0.15, -0.1) is 0 Å². The van der Waals surface area contributed by atoms with Gasteiger partial charge in [-0.1, -0.05) is 37.6 Å². The summed E-state index contributed by atoms with van der Waals surface area (Å²) in [5.41, 5.74) is 0.967. The van der Waals surface area contributed by atoms with Crippen LogP contribution >= 0.6 is 0 Å². The summed E-state index contributed by atoms with van der Waals surface area (Å²) in [5, 5.41) is 12.4. The number of hydrogen-bond donors (Lipinski definition) is 2. The average molecular weight is 479 g/mol. The number of amides is 4. The molecule has 0 radical (unpaired) electrons. The molecule has 0 aliphatic carbocycles. The first kappa shape index (κ1) is 24.2. The van der Waals surface area contributed by atoms with Gasteiger partial charge in [0.25, 0.3) is 23.6 Å². The lowest BCUT2D eigenvalue weighted by Gasteiger charge is -2.29. The number of benzene rings is 2. The van der Waals surface area contributed by atoms with Crippen LogP contribution in [0.2, 0.25) is 0 Å². The van der Waals surface area contributed by atoms with Crippen LogP contribution in [0.15, 0.2) is 48.5 Å². The molecule has 0 saturated heterocycles. The van der Waals surface area contributed by atoms with Gasteiger partial charge in [-0.2, -0.15) is 0 Å². The van der Waals surface area contributed by atoms with E-state index in [0.29, 0.717) is 6.42 Å². The van der Waals surface area contributed by atoms with Crippen molar-refractivity contribution < 1.29 is 33.8 Å². The minimum atomic E-state index is -1.46. The van der Waals surface area contributed by atoms with E-state index in [9.17, 15) is 29.1 Å². The Morgan fingerprint density at radius 2 is 1.23 bits per heavy atom. The Bertz CT molecular complexity index is 1050. The van der Waals surface area contributed by atoms with Crippen LogP contribution in [0.5, 0.6) is 0 Å². The van der Waals surface area contributed by atoms with E-state index >= 15 is 0 Å². The topological polar surface area (TPSA) is 133 Å². The largest absolute Gasteiger partial charge is 0.478 e. The number of rotatable bonds is 11. The zero-order valence-electron chi connectivity index (χ0n) is 19.1. The Labute approximate surface area is 201 Å². The number of nitrogens with one attached hydrogen (secondary N) is 1. The summed E-state index contributed by atoms with van der Waals surface area (Å²) in [7, 11) is 0. The fraction of sp³-hybridized carbons (Fsp3) is 0.320. The first-order valence-corrected chi connectivity index (χ1v) is 11.3. The highest BCUT2D eigenvalue weighted by Gasteiger charge is 2.41. The predicted octanol–water partition coefficient (Wildman–Crippen LogP) is 1.76. The maximum Gasteiger partial charge on any atom is 0.348 e. The summed E-state index contributed by atoms with van der Waals surface area (Å²) in [5.74, 6) is -3.41. The molecule has 10 heteroatoms. The molecule has 2 aliphatic heterocycles. The summed E-state index contributed by atoms with van der Waals surface area (Å²) in [6.45, 7) is 1.58. The molecule has 2 aliphatic rings. The summed E-state index contributed by atoms with van der Waals surface area (Å²) in [6.07, 6.45) is -0.0378. The molecule has 4 amide bonds. The van der Waals surface area contributed by atoms with Crippen molar-refractivity contribution in [2.75, 3.05) is 19.7 Å². The number of hydrogen-bond acceptors (Lipinski definition) is 7. The summed E-state index contributed by atoms with van der Waals surface area (Å²) < 4.78 is 5.45. The van der Waals surface area contributed by atoms with Gasteiger partial charge in [0.1, 0.15) is 0 Å². The molecule has 1 atom stereocenters. The van der Waals surface area contributed by atoms with Crippen molar-refractivity contribution >= 4 is 29.6 Å². The zero-order valence-corrected chi connectivity index (χ0v) is 19.1. The van der Waals surface area contributed by atoms with Crippen molar-refractivity contribution in [1.29, 1.82) is 0 Å². The second-order valence-electron chi connectivity index (χ2n) is 8.34. The van der Waals surface area contributed by atoms with Crippen LogP contribution in [0.25, 0.3) is 0 Å². The van der Waals surface area contributed by atoms with Crippen molar-refractivity contribution in [2.24, 2.45) is 0 Å². The van der Waals surface area contributed by atoms with E-state index in [4.69, 9.17) is 4.74 Å². The Morgan fingerprint density at radius 3 is 1.57 bits per heavy atom. The monoisotopic (exact) mass is 479 g/mol. The highest BCUT2D eigenvalue weighted by atomic mass is 16.5. The number of carbonyl (C=O) groups excluding carboxylic acids is 4. The van der Waals surface area contributed by atoms with E-state index in [1.54, 1.807) is 24.3 Å². The van der Waals surface area contributed by atoms with Gasteiger partial charge < -0.3 is 9.84 Å². The third-order valence-electron chi connectivity index (χ3n) is 5.96. The normalized spacial score (nSPS) is 15.7. The van der Waals surface area contributed by atoms with Crippen molar-refractivity contribution in [3.63, 3.8) is 0 Å². The number of carbonyl (C=O) groups is 5. The predicted molar refractivity (Wildman–Crippen MR) is 123 cm³/mol. The van der Waals surface area contributed by atoms with Gasteiger partial charge in [0.15, 0.2) is 0 Å². The maximum atomic E-state index is 12.9. The highest BCUT2D eigenvalue weighted by Crippen LogP contribution is 2.25. The van der Waals surface area contributed by atoms with E-state index in [-0.39, 0.29) is 42.0 Å². The van der Waals surface area contributed by atoms with E-state index in [0.717, 1.165) is 16.2 Å². The Hall–Kier alpha value is -3.89. The summed E-state index contributed by atoms with van der Waals surface area (Å²) in [6, 6.07) is 11.8. The molecule has 0 fully saturated rings. The third-order valence-corrected chi connectivity index (χ3v) is 5.96. The smallest absolute Gasteiger partial charge is 0.348 e. The van der Waals surface area contributed by atoms with Gasteiger partial charge in [0.2, 0.25) is 6.23 Å². The maximum absolute atomic E-state index is 12.9. The Morgan fingerprint density at radius 1 is 0.829 bits per heavy atom. The highest BCUT2D eigenvalue weighted by molar-refractivity contribution is 6.22. The molecule has 0 bridgehead atoms. The minimum absolute atomic E-state index is 0.174. The van der Waals surface area contributed by atoms with E-state index < -0.39 is 41.9 Å². The van der Waals surface area contributed by atoms with Crippen LogP contribution in [0.4, 0.5) is 0 Å². The lowest BCUT2D eigenvalue weighted by atomic mass is 10.1. The lowest BCUT2D eigenvalue weighted by Crippen LogP contribution is -2.55. The van der Waals surface area contributed by atoms with Crippen LogP contribution in [0, 0.1) is 0 Å². The Kier molecular flexibility index (Phi) is 7.04. The molecule has 2 aromatic carbocycles. The number of aliphatic carboxylic acids is 1. The van der Waals surface area contributed by atoms with Crippen molar-refractivity contribution in [3.05, 3.63) is 70.8 Å². The molecule has 0 spiro atoms. The first-order chi connectivity index (χ1) is 16.8. The van der Waals surface area contributed by atoms with Gasteiger partial charge in [0.05, 0.1) is 22.3 Å². The number of ether oxygens (including phenoxy) is 1. The van der Waals surface area contributed by atoms with E-state index in [1.165, 1.54) is 24.3 Å². The van der Waals surface area contributed by atoms with Crippen LogP contribution < -0.4 is 5.32 Å². The molecule has 1 unspecified atom stereocenters. The van der Waals surface area contributed by atoms with Crippen LogP contribution in [-0.2, 0) is 9.53 Å². The van der Waals surface area contributed by atoms with Gasteiger partial charge in [-0.25, -0.2) is 4.79 Å². The molecule has 10 nitrogen and oxygen atoms in total. The molecule has 2 aromatic rings. The van der Waals surface area contributed by atoms with Crippen molar-refractivity contribution in [2.45, 2.75) is 32.0 Å². The van der Waals surface area contributed by atoms with Gasteiger partial charge >= 0.3 is 5.97 Å². The fourth-order valence-corrected chi connectivity index (χ4v) is 4.16. The standard InChI is InChI=1S/C25H25N3O7/c1-2-3-12-35-20(25(33)34)26-15(13-27-21(29)16-8-4-5-9-17(16)22(27)30)14-28-23(31)18-10-6-7-11-19(18)24(28)32/h4-11,15,20,26H,2-3,12-14H2,1H3,(H,33,34). The minimum Gasteiger partial charge on any atom is -0.478 e. The lowest BCUT2D eigenvalue weighted by molar-refractivity contribution is -0.153. The quantitative estimate of drug-likeness (QED) is 0.283. The second kappa shape index (κ2) is 10.2. The summed E-state index contributed by atoms with van der Waals surface area (Å²) in [4.78, 5) is 65.4. The number of imide groups is 2. The Balaban J connectivity index is 1.58. The molecule has 2 N–H and O–H groups in total. The molecule has 4 rings (SSSR count). The molecule has 2 heterocycles. The van der Waals surface area contributed by atoms with Gasteiger partial charge in [0, 0.05) is 25.7 Å². The molecular weight excluding hydrogens is 454 g/mol. The average Bonchev–Trinajstić information content (AvgIpc) is 3.24. The van der Waals surface area contributed by atoms with Crippen LogP contribution in [-0.4, -0.2) is 76.5 Å². The van der Waals surface area contributed by atoms with Crippen LogP contribution in [0.1, 0.15) is 61.2 Å². The first-order valence-electron chi connectivity index (χ1n) is 11.3.